The van der Waals surface area contributed by atoms with Gasteiger partial charge in [-0.25, -0.2) is 0 Å². The van der Waals surface area contributed by atoms with Gasteiger partial charge in [0.2, 0.25) is 0 Å². The van der Waals surface area contributed by atoms with Gasteiger partial charge in [-0.2, -0.15) is 0 Å². The summed E-state index contributed by atoms with van der Waals surface area (Å²) in [5.74, 6) is 0. The summed E-state index contributed by atoms with van der Waals surface area (Å²) in [6.45, 7) is 7.06. The molecule has 0 radical (unpaired) electrons. The Hall–Kier alpha value is -2.23. The second-order valence-electron chi connectivity index (χ2n) is 2.84. The van der Waals surface area contributed by atoms with E-state index in [0.717, 1.165) is 5.56 Å². The maximum Gasteiger partial charge on any atom is 0.262 e. The van der Waals surface area contributed by atoms with Crippen molar-refractivity contribution in [2.75, 3.05) is 0 Å². The lowest BCUT2D eigenvalue weighted by Crippen LogP contribution is -1.92. The molecule has 1 aromatic heterocycles. The fraction of sp³-hybridized carbons (Fsp3) is 0. The van der Waals surface area contributed by atoms with Crippen molar-refractivity contribution in [3.05, 3.63) is 71.2 Å². The van der Waals surface area contributed by atoms with E-state index in [4.69, 9.17) is 0 Å². The number of aromatic nitrogens is 1. The van der Waals surface area contributed by atoms with Gasteiger partial charge in [-0.15, -0.1) is 0 Å². The van der Waals surface area contributed by atoms with E-state index in [1.165, 1.54) is 6.08 Å². The summed E-state index contributed by atoms with van der Waals surface area (Å²) in [6.07, 6.45) is 6.15. The first kappa shape index (κ1) is 10.8. The van der Waals surface area contributed by atoms with Crippen molar-refractivity contribution in [1.82, 2.24) is 4.98 Å². The molecule has 0 unspecified atom stereocenters. The van der Waals surface area contributed by atoms with Crippen LogP contribution in [0.5, 0.6) is 0 Å². The number of nitrogens with zero attached hydrogens (tertiary/aromatic N) is 2. The van der Waals surface area contributed by atoms with Crippen LogP contribution in [0.3, 0.4) is 0 Å². The molecule has 1 rings (SSSR count). The standard InChI is InChI=1S/C11H10N2O2/c1-9(3-4-10(2)13(14)15)11-5-7-12-8-6-11/h3-8H,1-2H2/b4-3-. The minimum Gasteiger partial charge on any atom is -0.265 e. The molecule has 0 aliphatic carbocycles. The van der Waals surface area contributed by atoms with Gasteiger partial charge in [0, 0.05) is 18.5 Å². The smallest absolute Gasteiger partial charge is 0.262 e. The first-order valence-electron chi connectivity index (χ1n) is 4.22. The van der Waals surface area contributed by atoms with Gasteiger partial charge in [0.05, 0.1) is 4.92 Å². The highest BCUT2D eigenvalue weighted by molar-refractivity contribution is 5.71. The minimum atomic E-state index is -0.545. The fourth-order valence-corrected chi connectivity index (χ4v) is 0.920. The molecule has 0 aliphatic rings. The van der Waals surface area contributed by atoms with Crippen LogP contribution in [0.25, 0.3) is 5.57 Å². The Labute approximate surface area is 87.4 Å². The van der Waals surface area contributed by atoms with Crippen molar-refractivity contribution >= 4 is 5.57 Å². The summed E-state index contributed by atoms with van der Waals surface area (Å²) in [7, 11) is 0. The second kappa shape index (κ2) is 4.85. The summed E-state index contributed by atoms with van der Waals surface area (Å²) >= 11 is 0. The van der Waals surface area contributed by atoms with Gasteiger partial charge in [0.1, 0.15) is 0 Å². The number of pyridine rings is 1. The highest BCUT2D eigenvalue weighted by Gasteiger charge is 2.00. The average molecular weight is 202 g/mol. The molecule has 0 atom stereocenters. The Kier molecular flexibility index (Phi) is 3.51. The normalized spacial score (nSPS) is 10.1. The molecule has 0 fully saturated rings. The van der Waals surface area contributed by atoms with Crippen molar-refractivity contribution in [3.63, 3.8) is 0 Å². The summed E-state index contributed by atoms with van der Waals surface area (Å²) in [6, 6.07) is 3.56. The Morgan fingerprint density at radius 2 is 1.93 bits per heavy atom. The Morgan fingerprint density at radius 1 is 1.33 bits per heavy atom. The molecule has 76 valence electrons. The summed E-state index contributed by atoms with van der Waals surface area (Å²) in [5, 5.41) is 10.3. The van der Waals surface area contributed by atoms with E-state index in [2.05, 4.69) is 18.1 Å². The number of hydrogen-bond donors (Lipinski definition) is 0. The van der Waals surface area contributed by atoms with Crippen LogP contribution in [0.2, 0.25) is 0 Å². The van der Waals surface area contributed by atoms with Crippen LogP contribution in [0.15, 0.2) is 55.5 Å². The average Bonchev–Trinajstić information content (AvgIpc) is 2.26. The number of nitro groups is 1. The molecule has 0 aromatic carbocycles. The Bertz CT molecular complexity index is 421. The van der Waals surface area contributed by atoms with Crippen molar-refractivity contribution in [2.45, 2.75) is 0 Å². The first-order chi connectivity index (χ1) is 7.11. The highest BCUT2D eigenvalue weighted by atomic mass is 16.6. The number of rotatable bonds is 4. The molecule has 0 saturated heterocycles. The number of allylic oxidation sites excluding steroid dienone is 3. The minimum absolute atomic E-state index is 0.162. The molecule has 1 aromatic rings. The van der Waals surface area contributed by atoms with Gasteiger partial charge in [-0.3, -0.25) is 15.1 Å². The Balaban J connectivity index is 2.73. The van der Waals surface area contributed by atoms with Gasteiger partial charge in [-0.05, 0) is 35.9 Å². The molecular formula is C11H10N2O2. The third-order valence-electron chi connectivity index (χ3n) is 1.76. The molecule has 1 heterocycles. The fourth-order valence-electron chi connectivity index (χ4n) is 0.920. The molecule has 4 heteroatoms. The van der Waals surface area contributed by atoms with E-state index in [0.29, 0.717) is 5.57 Å². The van der Waals surface area contributed by atoms with Crippen LogP contribution in [-0.4, -0.2) is 9.91 Å². The summed E-state index contributed by atoms with van der Waals surface area (Å²) < 4.78 is 0. The third kappa shape index (κ3) is 3.19. The van der Waals surface area contributed by atoms with E-state index in [-0.39, 0.29) is 5.70 Å². The van der Waals surface area contributed by atoms with Crippen molar-refractivity contribution in [3.8, 4) is 0 Å². The van der Waals surface area contributed by atoms with Crippen LogP contribution < -0.4 is 0 Å². The van der Waals surface area contributed by atoms with Crippen molar-refractivity contribution < 1.29 is 4.92 Å². The molecule has 0 bridgehead atoms. The SMILES string of the molecule is C=C(/C=C\C(=C)[N+](=O)[O-])c1ccncc1. The van der Waals surface area contributed by atoms with Crippen LogP contribution in [-0.2, 0) is 0 Å². The van der Waals surface area contributed by atoms with Crippen LogP contribution in [0.4, 0.5) is 0 Å². The molecule has 15 heavy (non-hydrogen) atoms. The lowest BCUT2D eigenvalue weighted by Gasteiger charge is -1.97. The molecule has 4 nitrogen and oxygen atoms in total. The summed E-state index contributed by atoms with van der Waals surface area (Å²) in [4.78, 5) is 13.6. The molecule has 0 N–H and O–H groups in total. The van der Waals surface area contributed by atoms with Gasteiger partial charge >= 0.3 is 0 Å². The Morgan fingerprint density at radius 3 is 2.47 bits per heavy atom. The first-order valence-corrected chi connectivity index (χ1v) is 4.22. The van der Waals surface area contributed by atoms with E-state index in [1.807, 2.05) is 0 Å². The quantitative estimate of drug-likeness (QED) is 0.428. The highest BCUT2D eigenvalue weighted by Crippen LogP contribution is 2.12. The predicted octanol–water partition coefficient (Wildman–Crippen LogP) is 2.44. The zero-order chi connectivity index (χ0) is 11.3. The third-order valence-corrected chi connectivity index (χ3v) is 1.76. The summed E-state index contributed by atoms with van der Waals surface area (Å²) in [5.41, 5.74) is 1.39. The van der Waals surface area contributed by atoms with E-state index >= 15 is 0 Å². The van der Waals surface area contributed by atoms with Crippen molar-refractivity contribution in [2.24, 2.45) is 0 Å². The van der Waals surface area contributed by atoms with Gasteiger partial charge in [-0.1, -0.05) is 6.58 Å². The van der Waals surface area contributed by atoms with Crippen LogP contribution in [0, 0.1) is 10.1 Å². The predicted molar refractivity (Wildman–Crippen MR) is 58.5 cm³/mol. The molecule has 0 spiro atoms. The molecule has 0 aliphatic heterocycles. The van der Waals surface area contributed by atoms with E-state index in [9.17, 15) is 10.1 Å². The van der Waals surface area contributed by atoms with Gasteiger partial charge in [0.15, 0.2) is 0 Å². The second-order valence-corrected chi connectivity index (χ2v) is 2.84. The van der Waals surface area contributed by atoms with Gasteiger partial charge < -0.3 is 0 Å². The maximum atomic E-state index is 10.3. The van der Waals surface area contributed by atoms with E-state index in [1.54, 1.807) is 30.6 Å². The number of hydrogen-bond acceptors (Lipinski definition) is 3. The topological polar surface area (TPSA) is 56.0 Å². The molecular weight excluding hydrogens is 192 g/mol. The van der Waals surface area contributed by atoms with Crippen LogP contribution in [0.1, 0.15) is 5.56 Å². The molecule has 0 amide bonds. The molecule has 0 saturated carbocycles. The maximum absolute atomic E-state index is 10.3. The van der Waals surface area contributed by atoms with Crippen molar-refractivity contribution in [1.29, 1.82) is 0 Å². The van der Waals surface area contributed by atoms with Gasteiger partial charge in [0.25, 0.3) is 5.70 Å². The lowest BCUT2D eigenvalue weighted by atomic mass is 10.1. The monoisotopic (exact) mass is 202 g/mol. The lowest BCUT2D eigenvalue weighted by molar-refractivity contribution is -0.418. The zero-order valence-corrected chi connectivity index (χ0v) is 8.09. The van der Waals surface area contributed by atoms with Crippen LogP contribution >= 0.6 is 0 Å². The zero-order valence-electron chi connectivity index (χ0n) is 8.09. The van der Waals surface area contributed by atoms with E-state index < -0.39 is 4.92 Å². The largest absolute Gasteiger partial charge is 0.265 e.